The van der Waals surface area contributed by atoms with E-state index < -0.39 is 5.97 Å². The van der Waals surface area contributed by atoms with Crippen LogP contribution in [0.2, 0.25) is 0 Å². The Morgan fingerprint density at radius 3 is 2.93 bits per heavy atom. The molecule has 1 aliphatic heterocycles. The molecule has 1 fully saturated rings. The van der Waals surface area contributed by atoms with Gasteiger partial charge in [-0.05, 0) is 18.9 Å². The molecule has 1 aliphatic rings. The number of ether oxygens (including phenoxy) is 1. The Morgan fingerprint density at radius 1 is 1.57 bits per heavy atom. The summed E-state index contributed by atoms with van der Waals surface area (Å²) in [6, 6.07) is 1.70. The fraction of sp³-hybridized carbons (Fsp3) is 0.556. The SMILES string of the molecule is O=C(O)c1ccnn1C1CCOCC1. The van der Waals surface area contributed by atoms with E-state index in [9.17, 15) is 4.79 Å². The lowest BCUT2D eigenvalue weighted by Gasteiger charge is -2.23. The predicted octanol–water partition coefficient (Wildman–Crippen LogP) is 0.933. The quantitative estimate of drug-likeness (QED) is 0.764. The second-order valence-electron chi connectivity index (χ2n) is 3.31. The number of carboxylic acid groups (broad SMARTS) is 1. The van der Waals surface area contributed by atoms with Gasteiger partial charge in [0, 0.05) is 19.4 Å². The zero-order valence-corrected chi connectivity index (χ0v) is 7.72. The third-order valence-electron chi connectivity index (χ3n) is 2.43. The number of aromatic carboxylic acids is 1. The molecule has 76 valence electrons. The highest BCUT2D eigenvalue weighted by atomic mass is 16.5. The third kappa shape index (κ3) is 1.63. The van der Waals surface area contributed by atoms with Crippen molar-refractivity contribution in [2.24, 2.45) is 0 Å². The lowest BCUT2D eigenvalue weighted by Crippen LogP contribution is -2.23. The van der Waals surface area contributed by atoms with Gasteiger partial charge in [-0.1, -0.05) is 0 Å². The van der Waals surface area contributed by atoms with E-state index in [4.69, 9.17) is 9.84 Å². The molecular weight excluding hydrogens is 184 g/mol. The number of aromatic nitrogens is 2. The van der Waals surface area contributed by atoms with Crippen LogP contribution in [0.4, 0.5) is 0 Å². The van der Waals surface area contributed by atoms with E-state index in [-0.39, 0.29) is 11.7 Å². The smallest absolute Gasteiger partial charge is 0.354 e. The van der Waals surface area contributed by atoms with Gasteiger partial charge in [0.05, 0.1) is 6.04 Å². The first-order valence-electron chi connectivity index (χ1n) is 4.63. The molecule has 1 saturated heterocycles. The molecule has 2 rings (SSSR count). The van der Waals surface area contributed by atoms with Gasteiger partial charge >= 0.3 is 5.97 Å². The lowest BCUT2D eigenvalue weighted by molar-refractivity contribution is 0.0583. The highest BCUT2D eigenvalue weighted by Crippen LogP contribution is 2.21. The molecule has 0 amide bonds. The Balaban J connectivity index is 2.21. The number of hydrogen-bond donors (Lipinski definition) is 1. The van der Waals surface area contributed by atoms with Gasteiger partial charge in [0.2, 0.25) is 0 Å². The van der Waals surface area contributed by atoms with Gasteiger partial charge in [0.25, 0.3) is 0 Å². The van der Waals surface area contributed by atoms with Crippen LogP contribution in [0.3, 0.4) is 0 Å². The lowest BCUT2D eigenvalue weighted by atomic mass is 10.1. The molecule has 0 spiro atoms. The van der Waals surface area contributed by atoms with Gasteiger partial charge < -0.3 is 9.84 Å². The summed E-state index contributed by atoms with van der Waals surface area (Å²) in [7, 11) is 0. The Kier molecular flexibility index (Phi) is 2.49. The maximum absolute atomic E-state index is 10.8. The fourth-order valence-electron chi connectivity index (χ4n) is 1.70. The topological polar surface area (TPSA) is 64.3 Å². The number of nitrogens with zero attached hydrogens (tertiary/aromatic N) is 2. The summed E-state index contributed by atoms with van der Waals surface area (Å²) >= 11 is 0. The average Bonchev–Trinajstić information content (AvgIpc) is 2.67. The van der Waals surface area contributed by atoms with Gasteiger partial charge in [-0.2, -0.15) is 5.10 Å². The molecule has 5 heteroatoms. The fourth-order valence-corrected chi connectivity index (χ4v) is 1.70. The van der Waals surface area contributed by atoms with E-state index in [0.29, 0.717) is 13.2 Å². The molecule has 1 aromatic heterocycles. The zero-order valence-electron chi connectivity index (χ0n) is 7.72. The van der Waals surface area contributed by atoms with Crippen molar-refractivity contribution in [2.45, 2.75) is 18.9 Å². The van der Waals surface area contributed by atoms with Crippen LogP contribution in [0.15, 0.2) is 12.3 Å². The summed E-state index contributed by atoms with van der Waals surface area (Å²) in [5.74, 6) is -0.922. The molecule has 0 bridgehead atoms. The van der Waals surface area contributed by atoms with Gasteiger partial charge in [-0.3, -0.25) is 4.68 Å². The zero-order chi connectivity index (χ0) is 9.97. The monoisotopic (exact) mass is 196 g/mol. The van der Waals surface area contributed by atoms with Crippen LogP contribution in [0.1, 0.15) is 29.4 Å². The van der Waals surface area contributed by atoms with Crippen molar-refractivity contribution in [3.05, 3.63) is 18.0 Å². The van der Waals surface area contributed by atoms with Crippen molar-refractivity contribution in [1.82, 2.24) is 9.78 Å². The number of rotatable bonds is 2. The minimum absolute atomic E-state index is 0.171. The standard InChI is InChI=1S/C9H12N2O3/c12-9(13)8-1-4-10-11(8)7-2-5-14-6-3-7/h1,4,7H,2-3,5-6H2,(H,12,13). The van der Waals surface area contributed by atoms with Gasteiger partial charge in [0.15, 0.2) is 0 Å². The van der Waals surface area contributed by atoms with Gasteiger partial charge in [-0.25, -0.2) is 4.79 Å². The van der Waals surface area contributed by atoms with Crippen molar-refractivity contribution in [1.29, 1.82) is 0 Å². The molecule has 1 N–H and O–H groups in total. The van der Waals surface area contributed by atoms with E-state index in [1.54, 1.807) is 4.68 Å². The first kappa shape index (κ1) is 9.21. The second kappa shape index (κ2) is 3.79. The van der Waals surface area contributed by atoms with Gasteiger partial charge in [-0.15, -0.1) is 0 Å². The summed E-state index contributed by atoms with van der Waals surface area (Å²) in [6.07, 6.45) is 3.20. The summed E-state index contributed by atoms with van der Waals surface area (Å²) in [5, 5.41) is 12.9. The number of carbonyl (C=O) groups is 1. The van der Waals surface area contributed by atoms with E-state index in [0.717, 1.165) is 12.8 Å². The largest absolute Gasteiger partial charge is 0.477 e. The summed E-state index contributed by atoms with van der Waals surface area (Å²) in [4.78, 5) is 10.8. The summed E-state index contributed by atoms with van der Waals surface area (Å²) in [6.45, 7) is 1.37. The van der Waals surface area contributed by atoms with Crippen molar-refractivity contribution in [2.75, 3.05) is 13.2 Å². The van der Waals surface area contributed by atoms with E-state index in [1.165, 1.54) is 12.3 Å². The van der Waals surface area contributed by atoms with Crippen molar-refractivity contribution in [3.8, 4) is 0 Å². The molecule has 14 heavy (non-hydrogen) atoms. The van der Waals surface area contributed by atoms with Crippen molar-refractivity contribution >= 4 is 5.97 Å². The van der Waals surface area contributed by atoms with E-state index in [2.05, 4.69) is 5.10 Å². The molecule has 0 atom stereocenters. The normalized spacial score (nSPS) is 18.3. The Labute approximate surface area is 81.3 Å². The first-order valence-corrected chi connectivity index (χ1v) is 4.63. The number of hydrogen-bond acceptors (Lipinski definition) is 3. The molecule has 1 aromatic rings. The molecule has 5 nitrogen and oxygen atoms in total. The van der Waals surface area contributed by atoms with Crippen LogP contribution < -0.4 is 0 Å². The maximum atomic E-state index is 10.8. The van der Waals surface area contributed by atoms with E-state index >= 15 is 0 Å². The molecule has 0 saturated carbocycles. The molecule has 0 aromatic carbocycles. The molecule has 0 unspecified atom stereocenters. The third-order valence-corrected chi connectivity index (χ3v) is 2.43. The minimum atomic E-state index is -0.922. The highest BCUT2D eigenvalue weighted by Gasteiger charge is 2.21. The Bertz CT molecular complexity index is 329. The van der Waals surface area contributed by atoms with Crippen LogP contribution in [-0.4, -0.2) is 34.1 Å². The summed E-state index contributed by atoms with van der Waals surface area (Å²) in [5.41, 5.74) is 0.261. The Hall–Kier alpha value is -1.36. The molecule has 2 heterocycles. The average molecular weight is 196 g/mol. The predicted molar refractivity (Wildman–Crippen MR) is 48.3 cm³/mol. The molecule has 0 radical (unpaired) electrons. The van der Waals surface area contributed by atoms with Crippen LogP contribution in [-0.2, 0) is 4.74 Å². The highest BCUT2D eigenvalue weighted by molar-refractivity contribution is 5.85. The van der Waals surface area contributed by atoms with Crippen LogP contribution in [0.25, 0.3) is 0 Å². The number of carboxylic acids is 1. The molecular formula is C9H12N2O3. The Morgan fingerprint density at radius 2 is 2.29 bits per heavy atom. The van der Waals surface area contributed by atoms with Crippen molar-refractivity contribution in [3.63, 3.8) is 0 Å². The van der Waals surface area contributed by atoms with Crippen LogP contribution >= 0.6 is 0 Å². The first-order chi connectivity index (χ1) is 6.79. The second-order valence-corrected chi connectivity index (χ2v) is 3.31. The molecule has 0 aliphatic carbocycles. The minimum Gasteiger partial charge on any atom is -0.477 e. The van der Waals surface area contributed by atoms with Crippen LogP contribution in [0, 0.1) is 0 Å². The summed E-state index contributed by atoms with van der Waals surface area (Å²) < 4.78 is 6.80. The van der Waals surface area contributed by atoms with Crippen LogP contribution in [0.5, 0.6) is 0 Å². The maximum Gasteiger partial charge on any atom is 0.354 e. The van der Waals surface area contributed by atoms with E-state index in [1.807, 2.05) is 0 Å². The van der Waals surface area contributed by atoms with Gasteiger partial charge in [0.1, 0.15) is 5.69 Å². The van der Waals surface area contributed by atoms with Crippen molar-refractivity contribution < 1.29 is 14.6 Å².